The van der Waals surface area contributed by atoms with Crippen LogP contribution in [0, 0.1) is 0 Å². The maximum Gasteiger partial charge on any atom is 0.251 e. The number of phenolic OH excluding ortho intramolecular Hbond substituents is 1. The summed E-state index contributed by atoms with van der Waals surface area (Å²) in [6.45, 7) is 2.24. The van der Waals surface area contributed by atoms with E-state index in [9.17, 15) is 14.7 Å². The van der Waals surface area contributed by atoms with E-state index in [0.29, 0.717) is 23.5 Å². The fraction of sp³-hybridized carbons (Fsp3) is 0.160. The third kappa shape index (κ3) is 6.43. The van der Waals surface area contributed by atoms with Crippen molar-refractivity contribution in [2.45, 2.75) is 19.4 Å². The van der Waals surface area contributed by atoms with Crippen LogP contribution in [-0.4, -0.2) is 29.7 Å². The molecule has 0 bridgehead atoms. The third-order valence-electron chi connectivity index (χ3n) is 4.62. The molecule has 0 unspecified atom stereocenters. The van der Waals surface area contributed by atoms with Crippen molar-refractivity contribution in [3.05, 3.63) is 95.6 Å². The first-order valence-corrected chi connectivity index (χ1v) is 10.3. The zero-order valence-corrected chi connectivity index (χ0v) is 17.7. The Kier molecular flexibility index (Phi) is 7.97. The van der Waals surface area contributed by atoms with Crippen LogP contribution in [0.2, 0.25) is 0 Å². The maximum absolute atomic E-state index is 12.6. The summed E-state index contributed by atoms with van der Waals surface area (Å²) < 4.78 is 5.34. The highest BCUT2D eigenvalue weighted by Crippen LogP contribution is 2.26. The van der Waals surface area contributed by atoms with Crippen molar-refractivity contribution in [1.29, 1.82) is 0 Å². The molecule has 0 saturated carbocycles. The second-order valence-corrected chi connectivity index (χ2v) is 6.96. The molecular formula is C25H25N3O4. The number of carbonyl (C=O) groups excluding carboxylic acids is 2. The summed E-state index contributed by atoms with van der Waals surface area (Å²) in [6.07, 6.45) is 1.47. The Balaban J connectivity index is 1.65. The van der Waals surface area contributed by atoms with Gasteiger partial charge in [-0.3, -0.25) is 9.59 Å². The van der Waals surface area contributed by atoms with Gasteiger partial charge in [0.25, 0.3) is 5.91 Å². The highest BCUT2D eigenvalue weighted by atomic mass is 16.5. The number of benzene rings is 3. The molecule has 3 aromatic rings. The van der Waals surface area contributed by atoms with Gasteiger partial charge < -0.3 is 15.2 Å². The van der Waals surface area contributed by atoms with Gasteiger partial charge in [-0.1, -0.05) is 48.5 Å². The van der Waals surface area contributed by atoms with E-state index in [-0.39, 0.29) is 24.0 Å². The van der Waals surface area contributed by atoms with Crippen LogP contribution >= 0.6 is 0 Å². The standard InChI is InChI=1S/C25H25N3O4/c1-2-32-23-15-18(13-14-22(23)29)17-26-28-24(30)16-21(19-9-5-3-6-10-19)27-25(31)20-11-7-4-8-12-20/h3-15,17,21,29H,2,16H2,1H3,(H,27,31)(H,28,30)/b26-17-/t21-/m0/s1. The zero-order valence-electron chi connectivity index (χ0n) is 17.7. The molecule has 7 nitrogen and oxygen atoms in total. The van der Waals surface area contributed by atoms with Gasteiger partial charge in [0, 0.05) is 5.56 Å². The molecule has 0 spiro atoms. The number of aromatic hydroxyl groups is 1. The van der Waals surface area contributed by atoms with E-state index in [0.717, 1.165) is 5.56 Å². The zero-order chi connectivity index (χ0) is 22.8. The van der Waals surface area contributed by atoms with Gasteiger partial charge in [-0.15, -0.1) is 0 Å². The number of hydrogen-bond donors (Lipinski definition) is 3. The number of hydrazone groups is 1. The minimum Gasteiger partial charge on any atom is -0.504 e. The average molecular weight is 431 g/mol. The number of nitrogens with one attached hydrogen (secondary N) is 2. The molecule has 7 heteroatoms. The second kappa shape index (κ2) is 11.3. The molecule has 164 valence electrons. The van der Waals surface area contributed by atoms with Gasteiger partial charge in [0.15, 0.2) is 11.5 Å². The number of ether oxygens (including phenoxy) is 1. The van der Waals surface area contributed by atoms with Crippen LogP contribution in [-0.2, 0) is 4.79 Å². The van der Waals surface area contributed by atoms with Crippen molar-refractivity contribution in [1.82, 2.24) is 10.7 Å². The van der Waals surface area contributed by atoms with Crippen molar-refractivity contribution in [3.63, 3.8) is 0 Å². The Hall–Kier alpha value is -4.13. The van der Waals surface area contributed by atoms with Crippen LogP contribution in [0.3, 0.4) is 0 Å². The predicted octanol–water partition coefficient (Wildman–Crippen LogP) is 3.80. The lowest BCUT2D eigenvalue weighted by molar-refractivity contribution is -0.121. The first-order valence-electron chi connectivity index (χ1n) is 10.3. The van der Waals surface area contributed by atoms with Crippen LogP contribution in [0.25, 0.3) is 0 Å². The molecule has 0 aliphatic rings. The van der Waals surface area contributed by atoms with Crippen molar-refractivity contribution >= 4 is 18.0 Å². The first kappa shape index (κ1) is 22.6. The fourth-order valence-electron chi connectivity index (χ4n) is 3.06. The molecule has 3 N–H and O–H groups in total. The molecule has 1 atom stereocenters. The van der Waals surface area contributed by atoms with E-state index in [1.807, 2.05) is 43.3 Å². The van der Waals surface area contributed by atoms with Gasteiger partial charge in [0.2, 0.25) is 5.91 Å². The molecule has 0 aliphatic heterocycles. The lowest BCUT2D eigenvalue weighted by atomic mass is 10.0. The van der Waals surface area contributed by atoms with Crippen LogP contribution in [0.5, 0.6) is 11.5 Å². The molecule has 0 saturated heterocycles. The summed E-state index contributed by atoms with van der Waals surface area (Å²) in [4.78, 5) is 25.1. The number of phenols is 1. The van der Waals surface area contributed by atoms with Crippen LogP contribution in [0.4, 0.5) is 0 Å². The molecule has 3 rings (SSSR count). The van der Waals surface area contributed by atoms with Crippen molar-refractivity contribution in [3.8, 4) is 11.5 Å². The van der Waals surface area contributed by atoms with Crippen molar-refractivity contribution in [2.24, 2.45) is 5.10 Å². The van der Waals surface area contributed by atoms with E-state index < -0.39 is 6.04 Å². The molecule has 0 fully saturated rings. The molecular weight excluding hydrogens is 406 g/mol. The Bertz CT molecular complexity index is 1070. The van der Waals surface area contributed by atoms with Gasteiger partial charge in [-0.05, 0) is 48.4 Å². The van der Waals surface area contributed by atoms with Gasteiger partial charge in [0.1, 0.15) is 0 Å². The average Bonchev–Trinajstić information content (AvgIpc) is 2.82. The normalized spacial score (nSPS) is 11.7. The summed E-state index contributed by atoms with van der Waals surface area (Å²) in [6, 6.07) is 22.4. The van der Waals surface area contributed by atoms with Gasteiger partial charge >= 0.3 is 0 Å². The minimum absolute atomic E-state index is 0.0136. The minimum atomic E-state index is -0.516. The SMILES string of the molecule is CCOc1cc(/C=N\NC(=O)C[C@H](NC(=O)c2ccccc2)c2ccccc2)ccc1O. The van der Waals surface area contributed by atoms with E-state index in [4.69, 9.17) is 4.74 Å². The van der Waals surface area contributed by atoms with E-state index in [2.05, 4.69) is 15.8 Å². The van der Waals surface area contributed by atoms with Gasteiger partial charge in [-0.25, -0.2) is 5.43 Å². The molecule has 0 aliphatic carbocycles. The Morgan fingerprint density at radius 2 is 1.72 bits per heavy atom. The van der Waals surface area contributed by atoms with Crippen molar-refractivity contribution < 1.29 is 19.4 Å². The molecule has 0 aromatic heterocycles. The molecule has 3 aromatic carbocycles. The summed E-state index contributed by atoms with van der Waals surface area (Å²) in [5.41, 5.74) is 4.48. The topological polar surface area (TPSA) is 100 Å². The number of hydrogen-bond acceptors (Lipinski definition) is 5. The van der Waals surface area contributed by atoms with E-state index in [1.165, 1.54) is 12.3 Å². The smallest absolute Gasteiger partial charge is 0.251 e. The third-order valence-corrected chi connectivity index (χ3v) is 4.62. The Morgan fingerprint density at radius 1 is 1.03 bits per heavy atom. The summed E-state index contributed by atoms with van der Waals surface area (Å²) in [7, 11) is 0. The largest absolute Gasteiger partial charge is 0.504 e. The fourth-order valence-corrected chi connectivity index (χ4v) is 3.06. The lowest BCUT2D eigenvalue weighted by Gasteiger charge is -2.18. The highest BCUT2D eigenvalue weighted by Gasteiger charge is 2.19. The maximum atomic E-state index is 12.6. The molecule has 32 heavy (non-hydrogen) atoms. The monoisotopic (exact) mass is 431 g/mol. The van der Waals surface area contributed by atoms with Crippen LogP contribution in [0.1, 0.15) is 40.9 Å². The predicted molar refractivity (Wildman–Crippen MR) is 123 cm³/mol. The van der Waals surface area contributed by atoms with E-state index in [1.54, 1.807) is 36.4 Å². The van der Waals surface area contributed by atoms with E-state index >= 15 is 0 Å². The van der Waals surface area contributed by atoms with Crippen LogP contribution in [0.15, 0.2) is 84.0 Å². The number of nitrogens with zero attached hydrogens (tertiary/aromatic N) is 1. The molecule has 0 radical (unpaired) electrons. The Morgan fingerprint density at radius 3 is 2.41 bits per heavy atom. The summed E-state index contributed by atoms with van der Waals surface area (Å²) in [5, 5.41) is 16.7. The highest BCUT2D eigenvalue weighted by molar-refractivity contribution is 5.94. The lowest BCUT2D eigenvalue weighted by Crippen LogP contribution is -2.32. The first-order chi connectivity index (χ1) is 15.6. The Labute approximate surface area is 186 Å². The number of carbonyl (C=O) groups is 2. The van der Waals surface area contributed by atoms with Crippen molar-refractivity contribution in [2.75, 3.05) is 6.61 Å². The van der Waals surface area contributed by atoms with Crippen LogP contribution < -0.4 is 15.5 Å². The molecule has 0 heterocycles. The van der Waals surface area contributed by atoms with Gasteiger partial charge in [-0.2, -0.15) is 5.10 Å². The quantitative estimate of drug-likeness (QED) is 0.354. The van der Waals surface area contributed by atoms with Gasteiger partial charge in [0.05, 0.1) is 25.3 Å². The summed E-state index contributed by atoms with van der Waals surface area (Å²) >= 11 is 0. The summed E-state index contributed by atoms with van der Waals surface area (Å²) in [5.74, 6) is -0.237. The number of rotatable bonds is 9. The number of amides is 2. The molecule has 2 amide bonds. The second-order valence-electron chi connectivity index (χ2n) is 6.96.